The molecule has 5 aliphatic rings. The number of nitrogens with one attached hydrogen (secondary N) is 2. The molecule has 2 heterocycles. The Labute approximate surface area is 420 Å². The number of nitrogens with zero attached hydrogens (tertiary/aromatic N) is 2. The molecule has 3 aliphatic carbocycles. The van der Waals surface area contributed by atoms with E-state index in [9.17, 15) is 23.7 Å². The van der Waals surface area contributed by atoms with Crippen molar-refractivity contribution in [2.24, 2.45) is 17.3 Å². The van der Waals surface area contributed by atoms with Crippen LogP contribution in [0.1, 0.15) is 100.0 Å². The lowest BCUT2D eigenvalue weighted by molar-refractivity contribution is -0.199. The number of methoxy groups -OCH3 is 1. The zero-order valence-electron chi connectivity index (χ0n) is 42.0. The van der Waals surface area contributed by atoms with Crippen LogP contribution in [0, 0.1) is 23.1 Å². The molecule has 4 aromatic rings. The number of urea groups is 1. The normalized spacial score (nSPS) is 22.3. The maximum Gasteiger partial charge on any atom is 0.482 e. The number of esters is 1. The van der Waals surface area contributed by atoms with Crippen molar-refractivity contribution in [2.45, 2.75) is 110 Å². The Morgan fingerprint density at radius 2 is 1.53 bits per heavy atom. The molecule has 6 atom stereocenters. The molecule has 9 rings (SSSR count). The van der Waals surface area contributed by atoms with Gasteiger partial charge in [0.1, 0.15) is 28.8 Å². The monoisotopic (exact) mass is 1010 g/mol. The maximum absolute atomic E-state index is 17.1. The number of benzene rings is 4. The van der Waals surface area contributed by atoms with E-state index in [4.69, 9.17) is 27.8 Å². The van der Waals surface area contributed by atoms with Crippen molar-refractivity contribution in [3.8, 4) is 5.75 Å². The first-order valence-electron chi connectivity index (χ1n) is 24.4. The first-order chi connectivity index (χ1) is 34.2. The summed E-state index contributed by atoms with van der Waals surface area (Å²) in [5.41, 5.74) is -0.00850. The van der Waals surface area contributed by atoms with Crippen molar-refractivity contribution in [3.63, 3.8) is 0 Å². The number of amides is 5. The number of piperazine rings is 1. The van der Waals surface area contributed by atoms with Crippen molar-refractivity contribution in [2.75, 3.05) is 26.7 Å². The highest BCUT2D eigenvalue weighted by molar-refractivity contribution is 7.62. The van der Waals surface area contributed by atoms with Crippen LogP contribution in [0.25, 0.3) is 0 Å². The summed E-state index contributed by atoms with van der Waals surface area (Å²) in [5, 5.41) is 5.35. The van der Waals surface area contributed by atoms with Gasteiger partial charge in [0.2, 0.25) is 5.91 Å². The average molecular weight is 1010 g/mol. The first kappa shape index (κ1) is 52.4. The molecule has 382 valence electrons. The molecule has 2 saturated heterocycles. The fraction of sp³-hybridized carbons (Fsp3) is 0.453. The highest BCUT2D eigenvalue weighted by Gasteiger charge is 2.68. The molecule has 4 aromatic carbocycles. The second-order valence-corrected chi connectivity index (χ2v) is 22.6. The molecule has 3 saturated carbocycles. The van der Waals surface area contributed by atoms with E-state index in [1.54, 1.807) is 94.4 Å². The minimum atomic E-state index is -4.32. The van der Waals surface area contributed by atoms with E-state index in [1.807, 2.05) is 19.1 Å². The van der Waals surface area contributed by atoms with E-state index in [-0.39, 0.29) is 78.9 Å². The van der Waals surface area contributed by atoms with Crippen LogP contribution in [-0.2, 0) is 61.7 Å². The lowest BCUT2D eigenvalue weighted by Gasteiger charge is -2.64. The van der Waals surface area contributed by atoms with Crippen LogP contribution >= 0.6 is 7.60 Å². The third kappa shape index (κ3) is 10.7. The second-order valence-electron chi connectivity index (χ2n) is 20.6. The molecule has 2 aliphatic heterocycles. The van der Waals surface area contributed by atoms with Gasteiger partial charge in [0, 0.05) is 25.2 Å². The van der Waals surface area contributed by atoms with Gasteiger partial charge in [-0.1, -0.05) is 92.7 Å². The highest BCUT2D eigenvalue weighted by Crippen LogP contribution is 2.66. The molecule has 5 fully saturated rings. The summed E-state index contributed by atoms with van der Waals surface area (Å²) >= 11 is 0. The van der Waals surface area contributed by atoms with Crippen LogP contribution in [0.2, 0.25) is 0 Å². The lowest BCUT2D eigenvalue weighted by Crippen LogP contribution is -2.65. The summed E-state index contributed by atoms with van der Waals surface area (Å²) in [6, 6.07) is 23.3. The summed E-state index contributed by atoms with van der Waals surface area (Å²) < 4.78 is 69.0. The third-order valence-corrected chi connectivity index (χ3v) is 16.4. The summed E-state index contributed by atoms with van der Waals surface area (Å²) in [5.74, 6) is -5.05. The fourth-order valence-electron chi connectivity index (χ4n) is 10.5. The Hall–Kier alpha value is -5.91. The maximum atomic E-state index is 17.1. The Kier molecular flexibility index (Phi) is 15.2. The van der Waals surface area contributed by atoms with Crippen molar-refractivity contribution >= 4 is 49.7 Å². The average Bonchev–Trinajstić information content (AvgIpc) is 3.72. The third-order valence-electron chi connectivity index (χ3n) is 14.5. The van der Waals surface area contributed by atoms with Gasteiger partial charge in [0.05, 0.1) is 43.3 Å². The van der Waals surface area contributed by atoms with Gasteiger partial charge >= 0.3 is 38.5 Å². The second kappa shape index (κ2) is 20.9. The number of halogens is 1. The number of para-hydroxylation sites is 1. The first-order valence-corrected chi connectivity index (χ1v) is 25.9. The zero-order chi connectivity index (χ0) is 51.8. The molecule has 1 unspecified atom stereocenters. The molecule has 2 N–H and O–H groups in total. The van der Waals surface area contributed by atoms with E-state index in [2.05, 4.69) is 24.5 Å². The van der Waals surface area contributed by atoms with Gasteiger partial charge in [-0.3, -0.25) is 23.8 Å². The number of ether oxygens (including phenoxy) is 2. The summed E-state index contributed by atoms with van der Waals surface area (Å²) in [6.45, 7) is 13.2. The lowest BCUT2D eigenvalue weighted by atomic mass is 9.43. The molecule has 0 spiro atoms. The van der Waals surface area contributed by atoms with Crippen LogP contribution in [0.4, 0.5) is 9.18 Å². The number of carbonyl (C=O) groups excluding carboxylic acids is 5. The number of hydrogen-bond acceptors (Lipinski definition) is 12. The van der Waals surface area contributed by atoms with Crippen LogP contribution < -0.4 is 20.7 Å². The SMILES string of the molecule is CCN1CCN(C(=O)NC(C(=O)N[C@@H](Cc2cccc(C(=O)OC(C)(C)C)c2OC)B2O[C@@H]3C[C@@H]4C[C@@H](C4(C)C)[C@]3(C)O2)c2ccc(P(=O)(OCc3ccccc3)OCc3ccccc3)cc2F)C(=O)C1=O. The molecule has 2 bridgehead atoms. The fourth-order valence-corrected chi connectivity index (χ4v) is 12.0. The van der Waals surface area contributed by atoms with Crippen molar-refractivity contribution in [3.05, 3.63) is 131 Å². The van der Waals surface area contributed by atoms with Crippen molar-refractivity contribution in [1.82, 2.24) is 20.4 Å². The summed E-state index contributed by atoms with van der Waals surface area (Å²) in [4.78, 5) is 71.2. The molecular weight excluding hydrogens is 945 g/mol. The molecular formula is C53H63BFN4O12P. The van der Waals surface area contributed by atoms with Gasteiger partial charge in [-0.2, -0.15) is 0 Å². The summed E-state index contributed by atoms with van der Waals surface area (Å²) in [6.07, 6.45) is 1.28. The van der Waals surface area contributed by atoms with Gasteiger partial charge in [-0.15, -0.1) is 0 Å². The highest BCUT2D eigenvalue weighted by atomic mass is 31.2. The van der Waals surface area contributed by atoms with Crippen LogP contribution in [-0.4, -0.2) is 96.6 Å². The number of imide groups is 1. The minimum Gasteiger partial charge on any atom is -0.496 e. The Morgan fingerprint density at radius 3 is 2.11 bits per heavy atom. The molecule has 19 heteroatoms. The molecule has 5 amide bonds. The molecule has 0 radical (unpaired) electrons. The molecule has 16 nitrogen and oxygen atoms in total. The number of likely N-dealkylation sites (N-methyl/N-ethyl adjacent to an activating group) is 1. The molecule has 0 aromatic heterocycles. The zero-order valence-corrected chi connectivity index (χ0v) is 42.9. The number of rotatable bonds is 17. The van der Waals surface area contributed by atoms with Crippen molar-refractivity contribution < 1.29 is 60.8 Å². The van der Waals surface area contributed by atoms with E-state index in [0.29, 0.717) is 27.5 Å². The Morgan fingerprint density at radius 1 is 0.875 bits per heavy atom. The number of carbonyl (C=O) groups is 5. The Bertz CT molecular complexity index is 2700. The van der Waals surface area contributed by atoms with Crippen LogP contribution in [0.5, 0.6) is 5.75 Å². The molecule has 72 heavy (non-hydrogen) atoms. The Balaban J connectivity index is 1.16. The van der Waals surface area contributed by atoms with E-state index < -0.39 is 73.4 Å². The topological polar surface area (TPSA) is 188 Å². The largest absolute Gasteiger partial charge is 0.496 e. The van der Waals surface area contributed by atoms with Gasteiger partial charge in [0.15, 0.2) is 0 Å². The van der Waals surface area contributed by atoms with E-state index >= 15 is 9.18 Å². The van der Waals surface area contributed by atoms with Crippen LogP contribution in [0.3, 0.4) is 0 Å². The van der Waals surface area contributed by atoms with Gasteiger partial charge < -0.3 is 43.4 Å². The predicted octanol–water partition coefficient (Wildman–Crippen LogP) is 7.48. The van der Waals surface area contributed by atoms with Gasteiger partial charge in [0.25, 0.3) is 0 Å². The standard InChI is InChI=1S/C53H63BFN4O12P/c1-9-58-25-26-59(48(62)47(58)61)50(64)57-44(38-24-23-37(30-40(38)55)72(65,67-31-33-17-12-10-13-18-33)68-32-34-19-14-11-15-20-34)46(60)56-43(54-70-42-29-36-28-41(52(36,5)6)53(42,7)71-54)27-35-21-16-22-39(45(35)66-8)49(63)69-51(2,3)4/h10-24,30,36,41-44H,9,25-29,31-32H2,1-8H3,(H,56,60)(H,57,64)/t36-,41-,42+,43-,44?,53-/m0/s1. The van der Waals surface area contributed by atoms with Gasteiger partial charge in [-0.05, 0) is 106 Å². The number of hydrogen-bond donors (Lipinski definition) is 2. The minimum absolute atomic E-state index is 0.0309. The summed E-state index contributed by atoms with van der Waals surface area (Å²) in [7, 11) is -3.99. The van der Waals surface area contributed by atoms with Gasteiger partial charge in [-0.25, -0.2) is 14.0 Å². The van der Waals surface area contributed by atoms with E-state index in [1.165, 1.54) is 24.1 Å². The van der Waals surface area contributed by atoms with Crippen molar-refractivity contribution in [1.29, 1.82) is 0 Å². The smallest absolute Gasteiger partial charge is 0.482 e. The van der Waals surface area contributed by atoms with E-state index in [0.717, 1.165) is 18.9 Å². The quantitative estimate of drug-likeness (QED) is 0.0460. The predicted molar refractivity (Wildman–Crippen MR) is 265 cm³/mol. The van der Waals surface area contributed by atoms with Crippen LogP contribution in [0.15, 0.2) is 97.1 Å².